The molecule has 0 saturated carbocycles. The summed E-state index contributed by atoms with van der Waals surface area (Å²) in [6, 6.07) is 12.8. The van der Waals surface area contributed by atoms with Gasteiger partial charge in [0.2, 0.25) is 17.8 Å². The molecule has 0 aliphatic heterocycles. The molecule has 0 aliphatic carbocycles. The van der Waals surface area contributed by atoms with Crippen LogP contribution in [-0.4, -0.2) is 81.0 Å². The highest BCUT2D eigenvalue weighted by Gasteiger charge is 2.22. The Bertz CT molecular complexity index is 3040. The Hall–Kier alpha value is -6.25. The van der Waals surface area contributed by atoms with Crippen LogP contribution < -0.4 is 15.5 Å². The number of halogens is 1. The minimum Gasteiger partial charge on any atom is -0.505 e. The van der Waals surface area contributed by atoms with Gasteiger partial charge in [-0.15, -0.1) is 10.2 Å². The smallest absolute Gasteiger partial charge is 0.315 e. The summed E-state index contributed by atoms with van der Waals surface area (Å²) >= 11 is 0. The van der Waals surface area contributed by atoms with Gasteiger partial charge in [0.05, 0.1) is 21.2 Å². The molecule has 0 saturated heterocycles. The van der Waals surface area contributed by atoms with Crippen LogP contribution in [0.15, 0.2) is 116 Å². The first-order valence-electron chi connectivity index (χ1n) is 16.9. The number of sulfone groups is 2. The lowest BCUT2D eigenvalue weighted by Crippen LogP contribution is -2.21. The molecule has 316 valence electrons. The van der Waals surface area contributed by atoms with E-state index in [0.717, 1.165) is 47.2 Å². The molecule has 5 rings (SSSR count). The lowest BCUT2D eigenvalue weighted by atomic mass is 10.1. The van der Waals surface area contributed by atoms with Crippen LogP contribution in [0.2, 0.25) is 0 Å². The third-order valence-electron chi connectivity index (χ3n) is 8.29. The predicted molar refractivity (Wildman–Crippen MR) is 217 cm³/mol. The summed E-state index contributed by atoms with van der Waals surface area (Å²) in [5.41, 5.74) is -1.04. The van der Waals surface area contributed by atoms with Crippen LogP contribution in [0.1, 0.15) is 19.8 Å². The highest BCUT2D eigenvalue weighted by molar-refractivity contribution is 7.94. The molecule has 60 heavy (non-hydrogen) atoms. The number of amides is 1. The Morgan fingerprint density at radius 1 is 0.850 bits per heavy atom. The number of azo groups is 1. The molecule has 0 bridgehead atoms. The van der Waals surface area contributed by atoms with E-state index in [1.165, 1.54) is 35.2 Å². The molecule has 0 spiro atoms. The molecule has 25 heteroatoms. The molecule has 1 aromatic heterocycles. The number of aromatic hydroxyl groups is 1. The van der Waals surface area contributed by atoms with Crippen molar-refractivity contribution in [1.82, 2.24) is 15.0 Å². The van der Waals surface area contributed by atoms with E-state index in [1.807, 2.05) is 0 Å². The van der Waals surface area contributed by atoms with Crippen LogP contribution in [-0.2, 0) is 44.7 Å². The molecule has 1 amide bonds. The first-order chi connectivity index (χ1) is 28.0. The van der Waals surface area contributed by atoms with Crippen molar-refractivity contribution in [3.8, 4) is 5.75 Å². The van der Waals surface area contributed by atoms with Crippen molar-refractivity contribution in [1.29, 1.82) is 0 Å². The Kier molecular flexibility index (Phi) is 13.1. The van der Waals surface area contributed by atoms with Crippen molar-refractivity contribution in [2.75, 3.05) is 27.8 Å². The van der Waals surface area contributed by atoms with Crippen LogP contribution >= 0.6 is 0 Å². The van der Waals surface area contributed by atoms with Crippen molar-refractivity contribution >= 4 is 96.9 Å². The van der Waals surface area contributed by atoms with Gasteiger partial charge in [-0.1, -0.05) is 25.3 Å². The lowest BCUT2D eigenvalue weighted by Gasteiger charge is -2.22. The number of anilines is 5. The third-order valence-corrected chi connectivity index (χ3v) is 12.7. The first-order valence-corrected chi connectivity index (χ1v) is 23.1. The number of phenols is 1. The van der Waals surface area contributed by atoms with Gasteiger partial charge in [-0.2, -0.15) is 36.2 Å². The molecule has 0 aliphatic rings. The molecule has 0 atom stereocenters. The zero-order valence-electron chi connectivity index (χ0n) is 31.0. The SMILES string of the molecule is C=CS(=O)(=O)CCCC(=O)Nc1ccc(S(=O)(=O)O)c(N=Nc2ccc3cc(S(=O)(=O)O)cc(Nc4nc(F)nc(N(CC)c5cccc(S(=O)(=O)C=C)c5)n4)c3c2O)c1. The van der Waals surface area contributed by atoms with Crippen LogP contribution in [0, 0.1) is 6.08 Å². The molecular weight excluding hydrogens is 872 g/mol. The number of carbonyl (C=O) groups is 1. The largest absolute Gasteiger partial charge is 0.505 e. The fourth-order valence-corrected chi connectivity index (χ4v) is 8.08. The van der Waals surface area contributed by atoms with E-state index in [2.05, 4.69) is 49.0 Å². The van der Waals surface area contributed by atoms with Crippen molar-refractivity contribution in [3.63, 3.8) is 0 Å². The van der Waals surface area contributed by atoms with E-state index in [-0.39, 0.29) is 69.5 Å². The highest BCUT2D eigenvalue weighted by atomic mass is 32.2. The molecule has 20 nitrogen and oxygen atoms in total. The zero-order chi connectivity index (χ0) is 44.2. The number of fused-ring (bicyclic) bond motifs is 1. The number of phenolic OH excluding ortho intramolecular Hbond substituents is 1. The topological polar surface area (TPSA) is 305 Å². The number of carbonyl (C=O) groups excluding carboxylic acids is 1. The molecule has 5 aromatic rings. The van der Waals surface area contributed by atoms with Gasteiger partial charge >= 0.3 is 6.08 Å². The van der Waals surface area contributed by atoms with Gasteiger partial charge in [0.25, 0.3) is 20.2 Å². The predicted octanol–water partition coefficient (Wildman–Crippen LogP) is 5.87. The van der Waals surface area contributed by atoms with Crippen molar-refractivity contribution in [2.45, 2.75) is 34.5 Å². The number of hydrogen-bond acceptors (Lipinski definition) is 17. The summed E-state index contributed by atoms with van der Waals surface area (Å²) < 4.78 is 132. The Labute approximate surface area is 342 Å². The maximum absolute atomic E-state index is 15.0. The number of nitrogens with one attached hydrogen (secondary N) is 2. The number of rotatable bonds is 17. The summed E-state index contributed by atoms with van der Waals surface area (Å²) in [5, 5.41) is 25.5. The molecule has 0 unspecified atom stereocenters. The molecule has 0 radical (unpaired) electrons. The molecule has 5 N–H and O–H groups in total. The average molecular weight is 905 g/mol. The molecule has 0 fully saturated rings. The average Bonchev–Trinajstić information content (AvgIpc) is 3.17. The van der Waals surface area contributed by atoms with Crippen molar-refractivity contribution in [3.05, 3.63) is 96.8 Å². The van der Waals surface area contributed by atoms with Crippen LogP contribution in [0.4, 0.5) is 44.7 Å². The second-order valence-corrected chi connectivity index (χ2v) is 19.1. The zero-order valence-corrected chi connectivity index (χ0v) is 34.2. The Morgan fingerprint density at radius 3 is 2.22 bits per heavy atom. The fraction of sp³-hybridized carbons (Fsp3) is 0.143. The second kappa shape index (κ2) is 17.5. The van der Waals surface area contributed by atoms with Gasteiger partial charge in [0.15, 0.2) is 25.4 Å². The summed E-state index contributed by atoms with van der Waals surface area (Å²) in [6.07, 6.45) is -1.63. The van der Waals surface area contributed by atoms with Crippen molar-refractivity contribution in [2.24, 2.45) is 10.2 Å². The van der Waals surface area contributed by atoms with Gasteiger partial charge < -0.3 is 20.6 Å². The Balaban J connectivity index is 1.56. The van der Waals surface area contributed by atoms with Gasteiger partial charge in [0.1, 0.15) is 16.3 Å². The van der Waals surface area contributed by atoms with E-state index in [1.54, 1.807) is 6.92 Å². The standard InChI is InChI=1S/C35H33FN8O12S4/c1-4-44(23-9-7-10-24(19-23)58(49,50)6-3)35-40-33(36)39-34(41-35)38-28-20-25(59(51,52)53)17-21-12-14-26(32(46)31(21)28)42-43-27-18-22(13-15-29(27)60(54,55)56)37-30(45)11-8-16-57(47,48)5-2/h5-7,9-10,12-15,17-20,46H,2-4,8,11,16H2,1H3,(H,37,45)(H,51,52,53)(H,54,55,56)(H,38,39,40,41). The van der Waals surface area contributed by atoms with E-state index in [9.17, 15) is 52.7 Å². The fourth-order valence-electron chi connectivity index (χ4n) is 5.48. The third kappa shape index (κ3) is 10.7. The van der Waals surface area contributed by atoms with Gasteiger partial charge in [-0.3, -0.25) is 13.9 Å². The molecular formula is C35H33FN8O12S4. The van der Waals surface area contributed by atoms with Crippen LogP contribution in [0.5, 0.6) is 5.75 Å². The monoisotopic (exact) mass is 904 g/mol. The Morgan fingerprint density at radius 2 is 1.57 bits per heavy atom. The first kappa shape index (κ1) is 44.8. The van der Waals surface area contributed by atoms with E-state index < -0.39 is 79.1 Å². The van der Waals surface area contributed by atoms with E-state index in [0.29, 0.717) is 0 Å². The van der Waals surface area contributed by atoms with Gasteiger partial charge in [0, 0.05) is 40.5 Å². The molecule has 4 aromatic carbocycles. The number of aromatic nitrogens is 3. The van der Waals surface area contributed by atoms with Crippen LogP contribution in [0.3, 0.4) is 0 Å². The lowest BCUT2D eigenvalue weighted by molar-refractivity contribution is -0.116. The van der Waals surface area contributed by atoms with Crippen LogP contribution in [0.25, 0.3) is 10.8 Å². The second-order valence-electron chi connectivity index (χ2n) is 12.3. The number of hydrogen-bond donors (Lipinski definition) is 5. The maximum Gasteiger partial charge on any atom is 0.315 e. The molecule has 1 heterocycles. The van der Waals surface area contributed by atoms with Gasteiger partial charge in [-0.25, -0.2) is 16.8 Å². The van der Waals surface area contributed by atoms with E-state index >= 15 is 4.39 Å². The normalized spacial score (nSPS) is 12.3. The maximum atomic E-state index is 15.0. The van der Waals surface area contributed by atoms with Crippen molar-refractivity contribution < 1.29 is 57.1 Å². The minimum atomic E-state index is -4.94. The van der Waals surface area contributed by atoms with Gasteiger partial charge in [-0.05, 0) is 73.3 Å². The number of benzene rings is 4. The number of nitrogens with zero attached hydrogens (tertiary/aromatic N) is 6. The minimum absolute atomic E-state index is 0.0278. The quantitative estimate of drug-likeness (QED) is 0.0538. The summed E-state index contributed by atoms with van der Waals surface area (Å²) in [5.74, 6) is -2.60. The summed E-state index contributed by atoms with van der Waals surface area (Å²) in [4.78, 5) is 23.8. The highest BCUT2D eigenvalue weighted by Crippen LogP contribution is 2.42. The summed E-state index contributed by atoms with van der Waals surface area (Å²) in [7, 11) is -17.3. The summed E-state index contributed by atoms with van der Waals surface area (Å²) in [6.45, 7) is 8.22. The van der Waals surface area contributed by atoms with E-state index in [4.69, 9.17) is 0 Å².